The van der Waals surface area contributed by atoms with Crippen LogP contribution in [-0.4, -0.2) is 21.1 Å². The highest BCUT2D eigenvalue weighted by Gasteiger charge is 2.37. The van der Waals surface area contributed by atoms with E-state index in [0.717, 1.165) is 10.8 Å². The third-order valence-corrected chi connectivity index (χ3v) is 3.26. The van der Waals surface area contributed by atoms with Crippen LogP contribution < -0.4 is 0 Å². The molecule has 0 amide bonds. The summed E-state index contributed by atoms with van der Waals surface area (Å²) in [5.74, 6) is -1.19. The van der Waals surface area contributed by atoms with E-state index in [2.05, 4.69) is 15.3 Å². The van der Waals surface area contributed by atoms with Crippen LogP contribution in [0.4, 0.5) is 13.2 Å². The lowest BCUT2D eigenvalue weighted by Gasteiger charge is -2.04. The van der Waals surface area contributed by atoms with E-state index >= 15 is 0 Å². The number of halogens is 3. The molecule has 0 saturated heterocycles. The van der Waals surface area contributed by atoms with E-state index in [0.29, 0.717) is 10.2 Å². The maximum Gasteiger partial charge on any atom is 0.453 e. The van der Waals surface area contributed by atoms with E-state index in [4.69, 9.17) is 12.2 Å². The maximum absolute atomic E-state index is 12.8. The summed E-state index contributed by atoms with van der Waals surface area (Å²) >= 11 is 4.77. The van der Waals surface area contributed by atoms with Gasteiger partial charge in [-0.25, -0.2) is 5.10 Å². The molecule has 8 heteroatoms. The molecule has 0 aliphatic heterocycles. The lowest BCUT2D eigenvalue weighted by Crippen LogP contribution is -2.12. The molecule has 0 saturated carbocycles. The summed E-state index contributed by atoms with van der Waals surface area (Å²) in [5, 5.41) is 11.0. The van der Waals surface area contributed by atoms with E-state index in [9.17, 15) is 13.2 Å². The van der Waals surface area contributed by atoms with Crippen LogP contribution in [0, 0.1) is 4.77 Å². The third kappa shape index (κ3) is 2.77. The second-order valence-corrected chi connectivity index (χ2v) is 4.90. The zero-order valence-electron chi connectivity index (χ0n) is 11.0. The Morgan fingerprint density at radius 3 is 2.59 bits per heavy atom. The maximum atomic E-state index is 12.8. The zero-order valence-corrected chi connectivity index (χ0v) is 11.8. The van der Waals surface area contributed by atoms with Crippen molar-refractivity contribution in [3.63, 3.8) is 0 Å². The van der Waals surface area contributed by atoms with Crippen LogP contribution in [0.15, 0.2) is 47.6 Å². The van der Waals surface area contributed by atoms with Gasteiger partial charge in [-0.15, -0.1) is 5.10 Å². The second kappa shape index (κ2) is 5.38. The van der Waals surface area contributed by atoms with Crippen molar-refractivity contribution in [2.45, 2.75) is 6.18 Å². The number of aromatic amines is 1. The summed E-state index contributed by atoms with van der Waals surface area (Å²) in [7, 11) is 0. The number of alkyl halides is 3. The predicted octanol–water partition coefficient (Wildman–Crippen LogP) is 3.99. The average Bonchev–Trinajstić information content (AvgIpc) is 2.86. The molecular weight excluding hydrogens is 313 g/mol. The van der Waals surface area contributed by atoms with Gasteiger partial charge in [0.25, 0.3) is 5.82 Å². The van der Waals surface area contributed by atoms with Crippen molar-refractivity contribution in [2.24, 2.45) is 5.10 Å². The Balaban J connectivity index is 2.00. The van der Waals surface area contributed by atoms with Gasteiger partial charge in [0.2, 0.25) is 4.77 Å². The Morgan fingerprint density at radius 2 is 1.86 bits per heavy atom. The predicted molar refractivity (Wildman–Crippen MR) is 79.4 cm³/mol. The van der Waals surface area contributed by atoms with Gasteiger partial charge in [-0.1, -0.05) is 36.4 Å². The van der Waals surface area contributed by atoms with E-state index in [1.54, 1.807) is 6.07 Å². The Bertz CT molecular complexity index is 908. The zero-order chi connectivity index (χ0) is 15.7. The van der Waals surface area contributed by atoms with Gasteiger partial charge in [0.15, 0.2) is 0 Å². The van der Waals surface area contributed by atoms with Gasteiger partial charge >= 0.3 is 6.18 Å². The van der Waals surface area contributed by atoms with Gasteiger partial charge in [-0.3, -0.25) is 0 Å². The first-order valence-electron chi connectivity index (χ1n) is 6.23. The molecular formula is C14H9F3N4S. The first-order chi connectivity index (χ1) is 10.4. The average molecular weight is 322 g/mol. The fraction of sp³-hybridized carbons (Fsp3) is 0.0714. The van der Waals surface area contributed by atoms with Crippen molar-refractivity contribution in [1.29, 1.82) is 0 Å². The summed E-state index contributed by atoms with van der Waals surface area (Å²) in [6.07, 6.45) is -3.32. The number of hydrogen-bond acceptors (Lipinski definition) is 3. The summed E-state index contributed by atoms with van der Waals surface area (Å²) in [6, 6.07) is 13.1. The monoisotopic (exact) mass is 322 g/mol. The molecule has 0 unspecified atom stereocenters. The van der Waals surface area contributed by atoms with Crippen LogP contribution in [-0.2, 0) is 6.18 Å². The SMILES string of the molecule is FC(F)(F)c1n[nH]c(=S)n1/N=C\c1ccc2ccccc2c1. The van der Waals surface area contributed by atoms with Crippen molar-refractivity contribution >= 4 is 29.2 Å². The van der Waals surface area contributed by atoms with Crippen LogP contribution >= 0.6 is 12.2 Å². The van der Waals surface area contributed by atoms with Crippen LogP contribution in [0.3, 0.4) is 0 Å². The standard InChI is InChI=1S/C14H9F3N4S/c15-14(16,17)12-19-20-13(22)21(12)18-8-9-5-6-10-3-1-2-4-11(10)7-9/h1-8H,(H,20,22)/b18-8-. The minimum Gasteiger partial charge on any atom is -0.250 e. The molecule has 0 aliphatic carbocycles. The number of H-pyrrole nitrogens is 1. The lowest BCUT2D eigenvalue weighted by atomic mass is 10.1. The minimum atomic E-state index is -4.63. The van der Waals surface area contributed by atoms with E-state index in [1.165, 1.54) is 6.21 Å². The van der Waals surface area contributed by atoms with Gasteiger partial charge in [-0.05, 0) is 34.6 Å². The summed E-state index contributed by atoms with van der Waals surface area (Å²) < 4.78 is 38.7. The molecule has 3 aromatic rings. The highest BCUT2D eigenvalue weighted by Crippen LogP contribution is 2.27. The van der Waals surface area contributed by atoms with Gasteiger partial charge in [0, 0.05) is 0 Å². The Hall–Kier alpha value is -2.48. The van der Waals surface area contributed by atoms with Gasteiger partial charge in [0.05, 0.1) is 6.21 Å². The fourth-order valence-corrected chi connectivity index (χ4v) is 2.17. The van der Waals surface area contributed by atoms with E-state index in [1.807, 2.05) is 36.4 Å². The topological polar surface area (TPSA) is 46.0 Å². The van der Waals surface area contributed by atoms with Crippen LogP contribution in [0.2, 0.25) is 0 Å². The van der Waals surface area contributed by atoms with Crippen LogP contribution in [0.25, 0.3) is 10.8 Å². The Kier molecular flexibility index (Phi) is 3.53. The largest absolute Gasteiger partial charge is 0.453 e. The normalized spacial score (nSPS) is 12.3. The van der Waals surface area contributed by atoms with Crippen LogP contribution in [0.1, 0.15) is 11.4 Å². The molecule has 0 bridgehead atoms. The molecule has 3 rings (SSSR count). The van der Waals surface area contributed by atoms with E-state index in [-0.39, 0.29) is 4.77 Å². The van der Waals surface area contributed by atoms with Crippen molar-refractivity contribution < 1.29 is 13.2 Å². The summed E-state index contributed by atoms with van der Waals surface area (Å²) in [5.41, 5.74) is 0.662. The number of rotatable bonds is 2. The second-order valence-electron chi connectivity index (χ2n) is 4.51. The number of nitrogens with one attached hydrogen (secondary N) is 1. The molecule has 22 heavy (non-hydrogen) atoms. The minimum absolute atomic E-state index is 0.218. The van der Waals surface area contributed by atoms with Gasteiger partial charge in [0.1, 0.15) is 0 Å². The first kappa shape index (κ1) is 14.5. The number of aromatic nitrogens is 3. The van der Waals surface area contributed by atoms with Gasteiger partial charge < -0.3 is 0 Å². The number of fused-ring (bicyclic) bond motifs is 1. The van der Waals surface area contributed by atoms with Crippen molar-refractivity contribution in [3.8, 4) is 0 Å². The lowest BCUT2D eigenvalue weighted by molar-refractivity contribution is -0.147. The molecule has 0 aliphatic rings. The number of benzene rings is 2. The van der Waals surface area contributed by atoms with Crippen molar-refractivity contribution in [2.75, 3.05) is 0 Å². The van der Waals surface area contributed by atoms with E-state index < -0.39 is 12.0 Å². The molecule has 1 heterocycles. The molecule has 2 aromatic carbocycles. The molecule has 1 aromatic heterocycles. The molecule has 0 fully saturated rings. The molecule has 0 radical (unpaired) electrons. The number of nitrogens with zero attached hydrogens (tertiary/aromatic N) is 3. The highest BCUT2D eigenvalue weighted by atomic mass is 32.1. The molecule has 0 atom stereocenters. The molecule has 0 spiro atoms. The Labute approximate surface area is 127 Å². The molecule has 112 valence electrons. The first-order valence-corrected chi connectivity index (χ1v) is 6.64. The van der Waals surface area contributed by atoms with Crippen LogP contribution in [0.5, 0.6) is 0 Å². The summed E-state index contributed by atoms with van der Waals surface area (Å²) in [4.78, 5) is 0. The Morgan fingerprint density at radius 1 is 1.14 bits per heavy atom. The fourth-order valence-electron chi connectivity index (χ4n) is 1.99. The number of hydrogen-bond donors (Lipinski definition) is 1. The molecule has 1 N–H and O–H groups in total. The highest BCUT2D eigenvalue weighted by molar-refractivity contribution is 7.71. The van der Waals surface area contributed by atoms with Gasteiger partial charge in [-0.2, -0.15) is 22.9 Å². The van der Waals surface area contributed by atoms with Crippen molar-refractivity contribution in [3.05, 3.63) is 58.6 Å². The van der Waals surface area contributed by atoms with Crippen molar-refractivity contribution in [1.82, 2.24) is 14.9 Å². The quantitative estimate of drug-likeness (QED) is 0.573. The summed E-state index contributed by atoms with van der Waals surface area (Å²) in [6.45, 7) is 0. The molecule has 4 nitrogen and oxygen atoms in total. The smallest absolute Gasteiger partial charge is 0.250 e. The third-order valence-electron chi connectivity index (χ3n) is 3.00.